The maximum atomic E-state index is 7.42. The van der Waals surface area contributed by atoms with Crippen molar-refractivity contribution in [2.24, 2.45) is 5.73 Å². The van der Waals surface area contributed by atoms with Gasteiger partial charge in [0, 0.05) is 24.2 Å². The normalized spacial score (nSPS) is 15.1. The van der Waals surface area contributed by atoms with E-state index >= 15 is 0 Å². The highest BCUT2D eigenvalue weighted by atomic mass is 16.5. The number of benzene rings is 1. The van der Waals surface area contributed by atoms with E-state index in [-0.39, 0.29) is 11.4 Å². The topological polar surface area (TPSA) is 81.2 Å². The van der Waals surface area contributed by atoms with Crippen LogP contribution in [0.25, 0.3) is 0 Å². The fraction of sp³-hybridized carbons (Fsp3) is 0.250. The lowest BCUT2D eigenvalue weighted by Gasteiger charge is -2.18. The zero-order chi connectivity index (χ0) is 15.0. The molecular weight excluding hydrogens is 266 g/mol. The number of pyridine rings is 1. The van der Waals surface area contributed by atoms with Crippen LogP contribution in [0.15, 0.2) is 36.5 Å². The molecule has 5 nitrogen and oxygen atoms in total. The highest BCUT2D eigenvalue weighted by Gasteiger charge is 2.32. The molecule has 1 aliphatic heterocycles. The second kappa shape index (κ2) is 4.77. The third-order valence-electron chi connectivity index (χ3n) is 3.29. The molecule has 108 valence electrons. The van der Waals surface area contributed by atoms with Gasteiger partial charge in [-0.1, -0.05) is 12.1 Å². The minimum atomic E-state index is -0.218. The van der Waals surface area contributed by atoms with Crippen molar-refractivity contribution < 1.29 is 9.47 Å². The maximum absolute atomic E-state index is 7.42. The van der Waals surface area contributed by atoms with Crippen molar-refractivity contribution in [1.29, 1.82) is 5.41 Å². The molecule has 21 heavy (non-hydrogen) atoms. The van der Waals surface area contributed by atoms with Crippen LogP contribution in [0.5, 0.6) is 17.2 Å². The van der Waals surface area contributed by atoms with Crippen molar-refractivity contribution in [3.05, 3.63) is 47.8 Å². The lowest BCUT2D eigenvalue weighted by Crippen LogP contribution is -2.24. The summed E-state index contributed by atoms with van der Waals surface area (Å²) in [6.45, 7) is 4.11. The van der Waals surface area contributed by atoms with Crippen molar-refractivity contribution >= 4 is 5.84 Å². The van der Waals surface area contributed by atoms with E-state index in [9.17, 15) is 0 Å². The van der Waals surface area contributed by atoms with Gasteiger partial charge in [-0.3, -0.25) is 10.4 Å². The van der Waals surface area contributed by atoms with Gasteiger partial charge in [-0.25, -0.2) is 0 Å². The Hall–Kier alpha value is -2.56. The Morgan fingerprint density at radius 3 is 2.95 bits per heavy atom. The van der Waals surface area contributed by atoms with Gasteiger partial charge in [0.15, 0.2) is 11.5 Å². The zero-order valence-corrected chi connectivity index (χ0v) is 12.0. The average molecular weight is 283 g/mol. The molecule has 1 aromatic heterocycles. The van der Waals surface area contributed by atoms with E-state index < -0.39 is 0 Å². The number of fused-ring (bicyclic) bond motifs is 1. The van der Waals surface area contributed by atoms with Crippen LogP contribution < -0.4 is 15.2 Å². The molecule has 0 aliphatic carbocycles. The fourth-order valence-electron chi connectivity index (χ4n) is 2.42. The molecule has 1 aliphatic rings. The SMILES string of the molecule is CC1(C)Cc2cccc(Oc3ccnc(C(=N)N)c3)c2O1. The quantitative estimate of drug-likeness (QED) is 0.670. The molecule has 1 aromatic carbocycles. The van der Waals surface area contributed by atoms with E-state index in [2.05, 4.69) is 18.8 Å². The highest BCUT2D eigenvalue weighted by Crippen LogP contribution is 2.43. The van der Waals surface area contributed by atoms with Crippen molar-refractivity contribution in [1.82, 2.24) is 4.98 Å². The second-order valence-electron chi connectivity index (χ2n) is 5.68. The van der Waals surface area contributed by atoms with E-state index in [1.165, 1.54) is 0 Å². The van der Waals surface area contributed by atoms with Crippen LogP contribution in [-0.2, 0) is 6.42 Å². The van der Waals surface area contributed by atoms with Gasteiger partial charge in [-0.15, -0.1) is 0 Å². The van der Waals surface area contributed by atoms with E-state index in [1.807, 2.05) is 18.2 Å². The number of aromatic nitrogens is 1. The molecule has 3 rings (SSSR count). The van der Waals surface area contributed by atoms with Crippen LogP contribution >= 0.6 is 0 Å². The molecule has 0 unspecified atom stereocenters. The van der Waals surface area contributed by atoms with Crippen LogP contribution in [0.1, 0.15) is 25.1 Å². The number of hydrogen-bond acceptors (Lipinski definition) is 4. The summed E-state index contributed by atoms with van der Waals surface area (Å²) in [4.78, 5) is 4.02. The largest absolute Gasteiger partial charge is 0.483 e. The minimum absolute atomic E-state index is 0.0869. The molecule has 0 fully saturated rings. The van der Waals surface area contributed by atoms with Crippen LogP contribution in [0.3, 0.4) is 0 Å². The zero-order valence-electron chi connectivity index (χ0n) is 12.0. The molecule has 0 bridgehead atoms. The first-order valence-electron chi connectivity index (χ1n) is 6.74. The first-order valence-corrected chi connectivity index (χ1v) is 6.74. The fourth-order valence-corrected chi connectivity index (χ4v) is 2.42. The van der Waals surface area contributed by atoms with Crippen LogP contribution in [0, 0.1) is 5.41 Å². The molecule has 0 radical (unpaired) electrons. The van der Waals surface area contributed by atoms with E-state index in [1.54, 1.807) is 18.3 Å². The summed E-state index contributed by atoms with van der Waals surface area (Å²) in [6, 6.07) is 9.23. The number of nitrogens with zero attached hydrogens (tertiary/aromatic N) is 1. The Bertz CT molecular complexity index is 710. The van der Waals surface area contributed by atoms with E-state index in [0.29, 0.717) is 17.2 Å². The summed E-state index contributed by atoms with van der Waals surface area (Å²) in [5.74, 6) is 1.94. The van der Waals surface area contributed by atoms with Gasteiger partial charge in [-0.2, -0.15) is 0 Å². The third-order valence-corrected chi connectivity index (χ3v) is 3.29. The average Bonchev–Trinajstić information content (AvgIpc) is 2.74. The lowest BCUT2D eigenvalue weighted by atomic mass is 10.0. The minimum Gasteiger partial charge on any atom is -0.483 e. The van der Waals surface area contributed by atoms with Crippen molar-refractivity contribution in [3.8, 4) is 17.2 Å². The summed E-state index contributed by atoms with van der Waals surface area (Å²) < 4.78 is 11.9. The molecular formula is C16H17N3O2. The Kier molecular flexibility index (Phi) is 3.05. The number of hydrogen-bond donors (Lipinski definition) is 2. The smallest absolute Gasteiger partial charge is 0.169 e. The molecule has 0 amide bonds. The Morgan fingerprint density at radius 1 is 1.38 bits per heavy atom. The van der Waals surface area contributed by atoms with Gasteiger partial charge >= 0.3 is 0 Å². The summed E-state index contributed by atoms with van der Waals surface area (Å²) >= 11 is 0. The molecule has 0 atom stereocenters. The predicted molar refractivity (Wildman–Crippen MR) is 80.2 cm³/mol. The van der Waals surface area contributed by atoms with Crippen LogP contribution in [0.4, 0.5) is 0 Å². The monoisotopic (exact) mass is 283 g/mol. The van der Waals surface area contributed by atoms with Crippen molar-refractivity contribution in [2.45, 2.75) is 25.9 Å². The first kappa shape index (κ1) is 13.4. The number of rotatable bonds is 3. The Balaban J connectivity index is 1.92. The van der Waals surface area contributed by atoms with Crippen LogP contribution in [0.2, 0.25) is 0 Å². The Morgan fingerprint density at radius 2 is 2.19 bits per heavy atom. The molecule has 0 spiro atoms. The van der Waals surface area contributed by atoms with Gasteiger partial charge in [-0.05, 0) is 26.0 Å². The van der Waals surface area contributed by atoms with E-state index in [4.69, 9.17) is 20.6 Å². The Labute approximate surface area is 123 Å². The molecule has 2 heterocycles. The summed E-state index contributed by atoms with van der Waals surface area (Å²) in [7, 11) is 0. The number of nitrogens with two attached hydrogens (primary N) is 1. The second-order valence-corrected chi connectivity index (χ2v) is 5.68. The molecule has 0 saturated heterocycles. The molecule has 0 saturated carbocycles. The highest BCUT2D eigenvalue weighted by molar-refractivity contribution is 5.93. The van der Waals surface area contributed by atoms with Gasteiger partial charge in [0.05, 0.1) is 0 Å². The summed E-state index contributed by atoms with van der Waals surface area (Å²) in [5, 5.41) is 7.42. The van der Waals surface area contributed by atoms with Crippen molar-refractivity contribution in [3.63, 3.8) is 0 Å². The number of amidine groups is 1. The molecule has 2 aromatic rings. The summed E-state index contributed by atoms with van der Waals surface area (Å²) in [6.07, 6.45) is 2.43. The number of ether oxygens (including phenoxy) is 2. The van der Waals surface area contributed by atoms with Crippen molar-refractivity contribution in [2.75, 3.05) is 0 Å². The molecule has 5 heteroatoms. The van der Waals surface area contributed by atoms with Gasteiger partial charge < -0.3 is 15.2 Å². The van der Waals surface area contributed by atoms with E-state index in [0.717, 1.165) is 17.7 Å². The standard InChI is InChI=1S/C16H17N3O2/c1-16(2)9-10-4-3-5-13(14(10)21-16)20-11-6-7-19-12(8-11)15(17)18/h3-8H,9H2,1-2H3,(H3,17,18). The van der Waals surface area contributed by atoms with Gasteiger partial charge in [0.2, 0.25) is 0 Å². The number of nitrogen functional groups attached to an aromatic ring is 1. The number of nitrogens with one attached hydrogen (secondary N) is 1. The first-order chi connectivity index (χ1) is 9.94. The summed E-state index contributed by atoms with van der Waals surface area (Å²) in [5.41, 5.74) is 6.75. The lowest BCUT2D eigenvalue weighted by molar-refractivity contribution is 0.135. The number of para-hydroxylation sites is 1. The van der Waals surface area contributed by atoms with Gasteiger partial charge in [0.1, 0.15) is 22.9 Å². The maximum Gasteiger partial charge on any atom is 0.169 e. The third kappa shape index (κ3) is 2.67. The van der Waals surface area contributed by atoms with Crippen LogP contribution in [-0.4, -0.2) is 16.4 Å². The van der Waals surface area contributed by atoms with Gasteiger partial charge in [0.25, 0.3) is 0 Å². The molecule has 3 N–H and O–H groups in total. The predicted octanol–water partition coefficient (Wildman–Crippen LogP) is 2.87.